The molecule has 1 aliphatic rings. The van der Waals surface area contributed by atoms with Crippen LogP contribution in [0.2, 0.25) is 0 Å². The molecular weight excluding hydrogens is 450 g/mol. The third-order valence-electron chi connectivity index (χ3n) is 5.81. The maximum absolute atomic E-state index is 14.2. The molecule has 0 saturated carbocycles. The third-order valence-corrected chi connectivity index (χ3v) is 5.81. The van der Waals surface area contributed by atoms with Gasteiger partial charge in [0.25, 0.3) is 0 Å². The third kappa shape index (κ3) is 5.55. The van der Waals surface area contributed by atoms with Gasteiger partial charge >= 0.3 is 6.03 Å². The first-order chi connectivity index (χ1) is 17.0. The number of aliphatic imine (C=N–C) groups is 1. The van der Waals surface area contributed by atoms with Crippen molar-refractivity contribution in [3.63, 3.8) is 0 Å². The Hall–Kier alpha value is -4.45. The summed E-state index contributed by atoms with van der Waals surface area (Å²) in [5.41, 5.74) is 2.47. The number of nitriles is 1. The standard InChI is InChI=1S/C26H24F2N6O/c1-18-7-5-6-10-22(18)31-25(30-17-29)33-13-14-34(24(16-33)19-8-3-2-4-9-19)26(35)32-23-12-11-20(27)15-21(23)28/h2-12,15,24H,13-14,16H2,1H3,(H,30,31)(H,32,35). The van der Waals surface area contributed by atoms with Gasteiger partial charge in [-0.15, -0.1) is 0 Å². The van der Waals surface area contributed by atoms with Gasteiger partial charge in [-0.2, -0.15) is 5.26 Å². The Bertz CT molecular complexity index is 1270. The number of urea groups is 1. The van der Waals surface area contributed by atoms with Gasteiger partial charge in [-0.25, -0.2) is 18.6 Å². The zero-order chi connectivity index (χ0) is 24.8. The molecule has 1 saturated heterocycles. The smallest absolute Gasteiger partial charge is 0.322 e. The second-order valence-corrected chi connectivity index (χ2v) is 8.08. The van der Waals surface area contributed by atoms with Crippen molar-refractivity contribution < 1.29 is 13.6 Å². The fourth-order valence-corrected chi connectivity index (χ4v) is 3.99. The summed E-state index contributed by atoms with van der Waals surface area (Å²) in [6.07, 6.45) is 1.95. The molecule has 1 heterocycles. The number of rotatable bonds is 3. The van der Waals surface area contributed by atoms with Crippen LogP contribution in [0.5, 0.6) is 0 Å². The number of nitrogens with zero attached hydrogens (tertiary/aromatic N) is 4. The summed E-state index contributed by atoms with van der Waals surface area (Å²) < 4.78 is 27.4. The molecule has 1 aliphatic heterocycles. The number of aryl methyl sites for hydroxylation is 1. The number of amides is 2. The van der Waals surface area contributed by atoms with Crippen LogP contribution in [-0.4, -0.2) is 41.4 Å². The summed E-state index contributed by atoms with van der Waals surface area (Å²) in [5, 5.41) is 14.6. The maximum Gasteiger partial charge on any atom is 0.322 e. The van der Waals surface area contributed by atoms with Crippen molar-refractivity contribution in [1.29, 1.82) is 5.26 Å². The van der Waals surface area contributed by atoms with Crippen molar-refractivity contribution >= 4 is 23.4 Å². The molecule has 1 atom stereocenters. The first-order valence-electron chi connectivity index (χ1n) is 11.1. The highest BCUT2D eigenvalue weighted by Gasteiger charge is 2.33. The fraction of sp³-hybridized carbons (Fsp3) is 0.192. The van der Waals surface area contributed by atoms with Crippen LogP contribution < -0.4 is 10.6 Å². The minimum absolute atomic E-state index is 0.0985. The summed E-state index contributed by atoms with van der Waals surface area (Å²) in [4.78, 5) is 21.3. The Balaban J connectivity index is 1.62. The van der Waals surface area contributed by atoms with E-state index in [0.29, 0.717) is 19.0 Å². The molecule has 0 bridgehead atoms. The minimum atomic E-state index is -0.848. The molecule has 1 unspecified atom stereocenters. The molecule has 1 fully saturated rings. The van der Waals surface area contributed by atoms with E-state index in [1.54, 1.807) is 4.90 Å². The van der Waals surface area contributed by atoms with Gasteiger partial charge < -0.3 is 15.1 Å². The predicted octanol–water partition coefficient (Wildman–Crippen LogP) is 4.92. The van der Waals surface area contributed by atoms with Gasteiger partial charge in [-0.05, 0) is 36.2 Å². The summed E-state index contributed by atoms with van der Waals surface area (Å²) in [5.74, 6) is -1.19. The summed E-state index contributed by atoms with van der Waals surface area (Å²) in [6.45, 7) is 2.96. The predicted molar refractivity (Wildman–Crippen MR) is 130 cm³/mol. The van der Waals surface area contributed by atoms with Gasteiger partial charge in [-0.1, -0.05) is 48.5 Å². The lowest BCUT2D eigenvalue weighted by atomic mass is 10.0. The number of carbonyl (C=O) groups excluding carboxylic acids is 1. The average molecular weight is 475 g/mol. The first kappa shape index (κ1) is 23.7. The first-order valence-corrected chi connectivity index (χ1v) is 11.1. The van der Waals surface area contributed by atoms with E-state index < -0.39 is 23.7 Å². The normalized spacial score (nSPS) is 15.9. The molecule has 0 aromatic heterocycles. The van der Waals surface area contributed by atoms with E-state index in [1.165, 1.54) is 6.07 Å². The van der Waals surface area contributed by atoms with E-state index in [4.69, 9.17) is 0 Å². The molecule has 0 radical (unpaired) electrons. The second kappa shape index (κ2) is 10.7. The molecule has 2 N–H and O–H groups in total. The quantitative estimate of drug-likeness (QED) is 0.244. The highest BCUT2D eigenvalue weighted by molar-refractivity contribution is 5.90. The van der Waals surface area contributed by atoms with Gasteiger partial charge in [0, 0.05) is 25.7 Å². The number of anilines is 1. The van der Waals surface area contributed by atoms with Crippen LogP contribution in [0, 0.1) is 30.0 Å². The Kier molecular flexibility index (Phi) is 7.21. The van der Waals surface area contributed by atoms with Crippen LogP contribution in [0.1, 0.15) is 17.2 Å². The summed E-state index contributed by atoms with van der Waals surface area (Å²) >= 11 is 0. The van der Waals surface area contributed by atoms with E-state index >= 15 is 0 Å². The Morgan fingerprint density at radius 1 is 1.06 bits per heavy atom. The van der Waals surface area contributed by atoms with Crippen LogP contribution in [-0.2, 0) is 0 Å². The molecule has 3 aromatic carbocycles. The van der Waals surface area contributed by atoms with Gasteiger partial charge in [0.2, 0.25) is 5.96 Å². The van der Waals surface area contributed by atoms with Crippen LogP contribution in [0.3, 0.4) is 0 Å². The number of guanidine groups is 1. The molecule has 9 heteroatoms. The van der Waals surface area contributed by atoms with E-state index in [9.17, 15) is 18.8 Å². The van der Waals surface area contributed by atoms with Crippen molar-refractivity contribution in [2.75, 3.05) is 25.0 Å². The molecule has 3 aromatic rings. The largest absolute Gasteiger partial charge is 0.338 e. The lowest BCUT2D eigenvalue weighted by Gasteiger charge is -2.42. The van der Waals surface area contributed by atoms with Gasteiger partial charge in [0.15, 0.2) is 6.19 Å². The zero-order valence-corrected chi connectivity index (χ0v) is 19.1. The lowest BCUT2D eigenvalue weighted by Crippen LogP contribution is -2.55. The minimum Gasteiger partial charge on any atom is -0.338 e. The molecule has 7 nitrogen and oxygen atoms in total. The van der Waals surface area contributed by atoms with Crippen molar-refractivity contribution in [3.05, 3.63) is 95.6 Å². The topological polar surface area (TPSA) is 83.8 Å². The van der Waals surface area contributed by atoms with Crippen LogP contribution in [0.15, 0.2) is 77.8 Å². The molecule has 0 aliphatic carbocycles. The zero-order valence-electron chi connectivity index (χ0n) is 19.1. The molecule has 35 heavy (non-hydrogen) atoms. The monoisotopic (exact) mass is 474 g/mol. The fourth-order valence-electron chi connectivity index (χ4n) is 3.99. The number of nitrogens with one attached hydrogen (secondary N) is 2. The Morgan fingerprint density at radius 2 is 1.80 bits per heavy atom. The Labute approximate surface area is 202 Å². The highest BCUT2D eigenvalue weighted by Crippen LogP contribution is 2.28. The average Bonchev–Trinajstić information content (AvgIpc) is 2.87. The van der Waals surface area contributed by atoms with Gasteiger partial charge in [0.05, 0.1) is 17.4 Å². The summed E-state index contributed by atoms with van der Waals surface area (Å²) in [7, 11) is 0. The van der Waals surface area contributed by atoms with E-state index in [1.807, 2.05) is 72.6 Å². The lowest BCUT2D eigenvalue weighted by molar-refractivity contribution is 0.135. The Morgan fingerprint density at radius 3 is 2.51 bits per heavy atom. The van der Waals surface area contributed by atoms with Crippen LogP contribution >= 0.6 is 0 Å². The molecule has 178 valence electrons. The van der Waals surface area contributed by atoms with Crippen LogP contribution in [0.25, 0.3) is 0 Å². The summed E-state index contributed by atoms with van der Waals surface area (Å²) in [6, 6.07) is 19.1. The second-order valence-electron chi connectivity index (χ2n) is 8.08. The van der Waals surface area contributed by atoms with Gasteiger partial charge in [0.1, 0.15) is 11.6 Å². The van der Waals surface area contributed by atoms with Crippen LogP contribution in [0.4, 0.5) is 25.0 Å². The SMILES string of the molecule is Cc1ccccc1N=C(NC#N)N1CCN(C(=O)Nc2ccc(F)cc2F)C(c2ccccc2)C1. The van der Waals surface area contributed by atoms with E-state index in [0.717, 1.165) is 28.9 Å². The number of benzene rings is 3. The number of carbonyl (C=O) groups is 1. The number of hydrogen-bond donors (Lipinski definition) is 2. The molecule has 2 amide bonds. The van der Waals surface area contributed by atoms with Gasteiger partial charge in [-0.3, -0.25) is 5.32 Å². The highest BCUT2D eigenvalue weighted by atomic mass is 19.1. The molecule has 0 spiro atoms. The van der Waals surface area contributed by atoms with E-state index in [2.05, 4.69) is 15.6 Å². The van der Waals surface area contributed by atoms with Crippen molar-refractivity contribution in [2.45, 2.75) is 13.0 Å². The van der Waals surface area contributed by atoms with Crippen molar-refractivity contribution in [1.82, 2.24) is 15.1 Å². The number of piperazine rings is 1. The number of para-hydroxylation sites is 1. The van der Waals surface area contributed by atoms with Crippen molar-refractivity contribution in [3.8, 4) is 6.19 Å². The number of hydrogen-bond acceptors (Lipinski definition) is 3. The maximum atomic E-state index is 14.2. The van der Waals surface area contributed by atoms with Crippen molar-refractivity contribution in [2.24, 2.45) is 4.99 Å². The molecular formula is C26H24F2N6O. The number of halogens is 2. The van der Waals surface area contributed by atoms with E-state index in [-0.39, 0.29) is 12.2 Å². The molecule has 4 rings (SSSR count).